The van der Waals surface area contributed by atoms with E-state index in [1.165, 1.54) is 0 Å². The van der Waals surface area contributed by atoms with Crippen LogP contribution in [0.1, 0.15) is 18.5 Å². The SMILES string of the molecule is O=C1CN(Cc2cn(CCC3CC3(Cl)Cl)nn2)CCN1. The number of rotatable bonds is 5. The minimum absolute atomic E-state index is 0.0675. The summed E-state index contributed by atoms with van der Waals surface area (Å²) < 4.78 is 1.30. The molecule has 1 aromatic heterocycles. The molecule has 2 aliphatic rings. The average molecular weight is 318 g/mol. The Bertz CT molecular complexity index is 504. The lowest BCUT2D eigenvalue weighted by Crippen LogP contribution is -2.47. The highest BCUT2D eigenvalue weighted by Crippen LogP contribution is 2.54. The molecule has 2 fully saturated rings. The zero-order chi connectivity index (χ0) is 14.2. The molecule has 8 heteroatoms. The minimum Gasteiger partial charge on any atom is -0.354 e. The molecule has 3 rings (SSSR count). The first-order valence-corrected chi connectivity index (χ1v) is 7.54. The number of aryl methyl sites for hydroxylation is 1. The van der Waals surface area contributed by atoms with Gasteiger partial charge < -0.3 is 5.32 Å². The molecule has 1 N–H and O–H groups in total. The van der Waals surface area contributed by atoms with Crippen molar-refractivity contribution in [1.29, 1.82) is 0 Å². The molecular weight excluding hydrogens is 301 g/mol. The second-order valence-electron chi connectivity index (χ2n) is 5.48. The summed E-state index contributed by atoms with van der Waals surface area (Å²) in [6.07, 6.45) is 3.71. The predicted octanol–water partition coefficient (Wildman–Crippen LogP) is 0.794. The van der Waals surface area contributed by atoms with Crippen molar-refractivity contribution in [3.8, 4) is 0 Å². The molecule has 1 unspecified atom stereocenters. The Morgan fingerprint density at radius 2 is 2.30 bits per heavy atom. The number of carbonyl (C=O) groups is 1. The van der Waals surface area contributed by atoms with Gasteiger partial charge in [0.25, 0.3) is 0 Å². The summed E-state index contributed by atoms with van der Waals surface area (Å²) in [4.78, 5) is 13.4. The van der Waals surface area contributed by atoms with Gasteiger partial charge in [-0.15, -0.1) is 28.3 Å². The van der Waals surface area contributed by atoms with Crippen LogP contribution in [0, 0.1) is 5.92 Å². The average Bonchev–Trinajstić information content (AvgIpc) is 2.80. The third-order valence-corrected chi connectivity index (χ3v) is 4.68. The van der Waals surface area contributed by atoms with Crippen molar-refractivity contribution in [3.05, 3.63) is 11.9 Å². The van der Waals surface area contributed by atoms with Gasteiger partial charge in [0.15, 0.2) is 0 Å². The lowest BCUT2D eigenvalue weighted by molar-refractivity contribution is -0.124. The summed E-state index contributed by atoms with van der Waals surface area (Å²) in [5.74, 6) is 0.433. The first-order chi connectivity index (χ1) is 9.53. The molecule has 6 nitrogen and oxygen atoms in total. The summed E-state index contributed by atoms with van der Waals surface area (Å²) in [6.45, 7) is 3.41. The Hall–Kier alpha value is -0.850. The quantitative estimate of drug-likeness (QED) is 0.816. The maximum absolute atomic E-state index is 11.3. The maximum atomic E-state index is 11.3. The van der Waals surface area contributed by atoms with E-state index in [1.54, 1.807) is 0 Å². The molecule has 0 bridgehead atoms. The summed E-state index contributed by atoms with van der Waals surface area (Å²) in [6, 6.07) is 0. The Morgan fingerprint density at radius 1 is 1.50 bits per heavy atom. The smallest absolute Gasteiger partial charge is 0.234 e. The summed E-state index contributed by atoms with van der Waals surface area (Å²) >= 11 is 12.0. The molecule has 20 heavy (non-hydrogen) atoms. The maximum Gasteiger partial charge on any atom is 0.234 e. The van der Waals surface area contributed by atoms with Crippen molar-refractivity contribution >= 4 is 29.1 Å². The van der Waals surface area contributed by atoms with Crippen molar-refractivity contribution < 1.29 is 4.79 Å². The topological polar surface area (TPSA) is 63.1 Å². The molecule has 1 aliphatic heterocycles. The highest BCUT2D eigenvalue weighted by Gasteiger charge is 2.50. The molecule has 110 valence electrons. The van der Waals surface area contributed by atoms with Crippen LogP contribution in [-0.4, -0.2) is 49.8 Å². The van der Waals surface area contributed by atoms with Gasteiger partial charge in [-0.05, 0) is 18.8 Å². The lowest BCUT2D eigenvalue weighted by Gasteiger charge is -2.25. The van der Waals surface area contributed by atoms with E-state index in [9.17, 15) is 4.79 Å². The van der Waals surface area contributed by atoms with Crippen LogP contribution in [0.5, 0.6) is 0 Å². The van der Waals surface area contributed by atoms with Gasteiger partial charge in [-0.3, -0.25) is 14.4 Å². The fourth-order valence-electron chi connectivity index (χ4n) is 2.45. The van der Waals surface area contributed by atoms with Gasteiger partial charge in [0.05, 0.1) is 12.2 Å². The molecular formula is C12H17Cl2N5O. The Morgan fingerprint density at radius 3 is 3.00 bits per heavy atom. The Labute approximate surface area is 127 Å². The number of carbonyl (C=O) groups excluding carboxylic acids is 1. The molecule has 1 aromatic rings. The van der Waals surface area contributed by atoms with E-state index >= 15 is 0 Å². The van der Waals surface area contributed by atoms with E-state index in [4.69, 9.17) is 23.2 Å². The summed E-state index contributed by atoms with van der Waals surface area (Å²) in [7, 11) is 0. The Balaban J connectivity index is 1.48. The third-order valence-electron chi connectivity index (χ3n) is 3.75. The van der Waals surface area contributed by atoms with Crippen LogP contribution in [0.25, 0.3) is 0 Å². The molecule has 2 heterocycles. The molecule has 1 atom stereocenters. The van der Waals surface area contributed by atoms with E-state index in [-0.39, 0.29) is 5.91 Å². The predicted molar refractivity (Wildman–Crippen MR) is 75.5 cm³/mol. The monoisotopic (exact) mass is 317 g/mol. The number of aromatic nitrogens is 3. The third kappa shape index (κ3) is 3.42. The van der Waals surface area contributed by atoms with Crippen molar-refractivity contribution in [3.63, 3.8) is 0 Å². The number of hydrogen-bond acceptors (Lipinski definition) is 4. The number of piperazine rings is 1. The standard InChI is InChI=1S/C12H17Cl2N5O/c13-12(14)5-9(12)1-3-19-7-10(16-17-19)6-18-4-2-15-11(20)8-18/h7,9H,1-6,8H2,(H,15,20). The fraction of sp³-hybridized carbons (Fsp3) is 0.750. The van der Waals surface area contributed by atoms with Crippen molar-refractivity contribution in [1.82, 2.24) is 25.2 Å². The van der Waals surface area contributed by atoms with Gasteiger partial charge in [0, 0.05) is 32.4 Å². The van der Waals surface area contributed by atoms with Gasteiger partial charge in [-0.1, -0.05) is 5.21 Å². The number of alkyl halides is 2. The first-order valence-electron chi connectivity index (χ1n) is 6.79. The van der Waals surface area contributed by atoms with Gasteiger partial charge in [0.2, 0.25) is 5.91 Å². The molecule has 1 saturated heterocycles. The Kier molecular flexibility index (Phi) is 3.88. The number of hydrogen-bond donors (Lipinski definition) is 1. The fourth-order valence-corrected chi connectivity index (χ4v) is 3.04. The normalized spacial score (nSPS) is 25.5. The van der Waals surface area contributed by atoms with Crippen molar-refractivity contribution in [2.24, 2.45) is 5.92 Å². The van der Waals surface area contributed by atoms with Crippen LogP contribution in [0.4, 0.5) is 0 Å². The van der Waals surface area contributed by atoms with Gasteiger partial charge in [-0.25, -0.2) is 0 Å². The summed E-state index contributed by atoms with van der Waals surface area (Å²) in [5, 5.41) is 11.0. The van der Waals surface area contributed by atoms with E-state index in [1.807, 2.05) is 10.9 Å². The summed E-state index contributed by atoms with van der Waals surface area (Å²) in [5.41, 5.74) is 0.888. The molecule has 0 spiro atoms. The second kappa shape index (κ2) is 5.50. The van der Waals surface area contributed by atoms with E-state index < -0.39 is 4.33 Å². The van der Waals surface area contributed by atoms with Gasteiger partial charge >= 0.3 is 0 Å². The van der Waals surface area contributed by atoms with Gasteiger partial charge in [0.1, 0.15) is 4.33 Å². The second-order valence-corrected chi connectivity index (χ2v) is 7.03. The van der Waals surface area contributed by atoms with E-state index in [2.05, 4.69) is 20.5 Å². The molecule has 1 saturated carbocycles. The molecule has 0 aromatic carbocycles. The number of nitrogens with zero attached hydrogens (tertiary/aromatic N) is 4. The van der Waals surface area contributed by atoms with Crippen LogP contribution in [0.15, 0.2) is 6.20 Å². The first kappa shape index (κ1) is 14.1. The highest BCUT2D eigenvalue weighted by atomic mass is 35.5. The number of halogens is 2. The van der Waals surface area contributed by atoms with Crippen LogP contribution >= 0.6 is 23.2 Å². The van der Waals surface area contributed by atoms with Crippen LogP contribution in [0.3, 0.4) is 0 Å². The van der Waals surface area contributed by atoms with Gasteiger partial charge in [-0.2, -0.15) is 0 Å². The minimum atomic E-state index is -0.523. The molecule has 1 aliphatic carbocycles. The van der Waals surface area contributed by atoms with Crippen molar-refractivity contribution in [2.75, 3.05) is 19.6 Å². The number of amides is 1. The molecule has 1 amide bonds. The lowest BCUT2D eigenvalue weighted by atomic mass is 10.3. The van der Waals surface area contributed by atoms with E-state index in [0.29, 0.717) is 25.6 Å². The van der Waals surface area contributed by atoms with Crippen molar-refractivity contribution in [2.45, 2.75) is 30.3 Å². The highest BCUT2D eigenvalue weighted by molar-refractivity contribution is 6.50. The number of nitrogens with one attached hydrogen (secondary N) is 1. The molecule has 0 radical (unpaired) electrons. The van der Waals surface area contributed by atoms with Crippen LogP contribution in [0.2, 0.25) is 0 Å². The zero-order valence-corrected chi connectivity index (χ0v) is 12.6. The van der Waals surface area contributed by atoms with Crippen LogP contribution < -0.4 is 5.32 Å². The zero-order valence-electron chi connectivity index (χ0n) is 11.1. The van der Waals surface area contributed by atoms with Crippen LogP contribution in [-0.2, 0) is 17.9 Å². The van der Waals surface area contributed by atoms with E-state index in [0.717, 1.165) is 31.6 Å². The largest absolute Gasteiger partial charge is 0.354 e.